The Morgan fingerprint density at radius 2 is 2.05 bits per heavy atom. The molecule has 0 aromatic carbocycles. The maximum atomic E-state index is 11.4. The normalized spacial score (nSPS) is 14.2. The number of aryl methyl sites for hydroxylation is 1. The third kappa shape index (κ3) is 4.49. The van der Waals surface area contributed by atoms with Gasteiger partial charge in [0, 0.05) is 18.3 Å². The predicted molar refractivity (Wildman–Crippen MR) is 82.4 cm³/mol. The Labute approximate surface area is 123 Å². The third-order valence-electron chi connectivity index (χ3n) is 3.12. The summed E-state index contributed by atoms with van der Waals surface area (Å²) in [7, 11) is 1.70. The molecule has 0 aliphatic rings. The molecule has 1 aromatic rings. The molecule has 0 bridgehead atoms. The Kier molecular flexibility index (Phi) is 7.01. The van der Waals surface area contributed by atoms with Crippen molar-refractivity contribution < 1.29 is 0 Å². The zero-order valence-corrected chi connectivity index (χ0v) is 13.4. The number of nitrogens with one attached hydrogen (secondary N) is 2. The van der Waals surface area contributed by atoms with Crippen molar-refractivity contribution in [2.45, 2.75) is 56.5 Å². The van der Waals surface area contributed by atoms with Gasteiger partial charge in [0.25, 0.3) is 0 Å². The van der Waals surface area contributed by atoms with Crippen LogP contribution in [0.5, 0.6) is 0 Å². The van der Waals surface area contributed by atoms with Crippen molar-refractivity contribution in [3.8, 4) is 0 Å². The third-order valence-corrected chi connectivity index (χ3v) is 4.66. The van der Waals surface area contributed by atoms with Gasteiger partial charge in [0.1, 0.15) is 0 Å². The van der Waals surface area contributed by atoms with Crippen LogP contribution in [-0.2, 0) is 7.05 Å². The highest BCUT2D eigenvalue weighted by atomic mass is 32.2. The van der Waals surface area contributed by atoms with Crippen molar-refractivity contribution >= 4 is 11.8 Å². The van der Waals surface area contributed by atoms with Crippen LogP contribution < -0.4 is 16.4 Å². The highest BCUT2D eigenvalue weighted by molar-refractivity contribution is 7.99. The zero-order valence-electron chi connectivity index (χ0n) is 12.6. The number of aromatic amines is 1. The van der Waals surface area contributed by atoms with Crippen LogP contribution in [0.25, 0.3) is 0 Å². The second-order valence-corrected chi connectivity index (χ2v) is 5.92. The lowest BCUT2D eigenvalue weighted by Crippen LogP contribution is -2.39. The number of rotatable bonds is 8. The molecule has 0 saturated heterocycles. The van der Waals surface area contributed by atoms with Gasteiger partial charge in [-0.3, -0.25) is 19.4 Å². The van der Waals surface area contributed by atoms with Gasteiger partial charge in [0.05, 0.1) is 0 Å². The molecule has 2 N–H and O–H groups in total. The van der Waals surface area contributed by atoms with E-state index < -0.39 is 11.1 Å². The first-order chi connectivity index (χ1) is 9.53. The molecular weight excluding hydrogens is 276 g/mol. The molecule has 0 radical (unpaired) electrons. The van der Waals surface area contributed by atoms with Gasteiger partial charge in [-0.1, -0.05) is 39.0 Å². The Morgan fingerprint density at radius 1 is 1.35 bits per heavy atom. The van der Waals surface area contributed by atoms with Gasteiger partial charge >= 0.3 is 11.1 Å². The molecule has 0 amide bonds. The molecular formula is C13H24N4O2S. The molecule has 0 fully saturated rings. The standard InChI is InChI=1S/C13H24N4O2S/c1-5-8-9(14-7-3)10(6-2)20-13-15-11(18)12(19)16-17(13)4/h9-10,14H,5-8H2,1-4H3,(H,16,19). The molecule has 0 aliphatic carbocycles. The van der Waals surface area contributed by atoms with E-state index in [-0.39, 0.29) is 0 Å². The summed E-state index contributed by atoms with van der Waals surface area (Å²) in [5.74, 6) is 0. The van der Waals surface area contributed by atoms with E-state index in [1.54, 1.807) is 18.8 Å². The maximum absolute atomic E-state index is 11.4. The topological polar surface area (TPSA) is 79.8 Å². The van der Waals surface area contributed by atoms with Crippen molar-refractivity contribution in [2.24, 2.45) is 7.05 Å². The summed E-state index contributed by atoms with van der Waals surface area (Å²) >= 11 is 1.55. The molecule has 1 rings (SSSR count). The number of thioether (sulfide) groups is 1. The van der Waals surface area contributed by atoms with Gasteiger partial charge in [0.2, 0.25) is 0 Å². The number of hydrogen-bond acceptors (Lipinski definition) is 5. The van der Waals surface area contributed by atoms with E-state index in [4.69, 9.17) is 0 Å². The quantitative estimate of drug-likeness (QED) is 0.555. The summed E-state index contributed by atoms with van der Waals surface area (Å²) in [6.07, 6.45) is 3.15. The summed E-state index contributed by atoms with van der Waals surface area (Å²) < 4.78 is 1.52. The first-order valence-corrected chi connectivity index (χ1v) is 7.98. The SMILES string of the molecule is CCCC(NCC)C(CC)Sc1nc(=O)c(=O)[nH]n1C. The second-order valence-electron chi connectivity index (χ2n) is 4.72. The van der Waals surface area contributed by atoms with Crippen molar-refractivity contribution in [1.29, 1.82) is 0 Å². The van der Waals surface area contributed by atoms with Crippen LogP contribution in [0, 0.1) is 0 Å². The van der Waals surface area contributed by atoms with Crippen LogP contribution >= 0.6 is 11.8 Å². The number of hydrogen-bond donors (Lipinski definition) is 2. The maximum Gasteiger partial charge on any atom is 0.339 e. The molecule has 6 nitrogen and oxygen atoms in total. The lowest BCUT2D eigenvalue weighted by molar-refractivity contribution is 0.463. The zero-order chi connectivity index (χ0) is 15.1. The van der Waals surface area contributed by atoms with Crippen molar-refractivity contribution in [3.63, 3.8) is 0 Å². The average molecular weight is 300 g/mol. The molecule has 2 unspecified atom stereocenters. The Morgan fingerprint density at radius 3 is 2.60 bits per heavy atom. The van der Waals surface area contributed by atoms with E-state index >= 15 is 0 Å². The van der Waals surface area contributed by atoms with Crippen molar-refractivity contribution in [2.75, 3.05) is 6.54 Å². The largest absolute Gasteiger partial charge is 0.339 e. The fourth-order valence-corrected chi connectivity index (χ4v) is 3.32. The molecule has 20 heavy (non-hydrogen) atoms. The monoisotopic (exact) mass is 300 g/mol. The minimum absolute atomic E-state index is 0.318. The first kappa shape index (κ1) is 17.0. The van der Waals surface area contributed by atoms with Crippen LogP contribution in [0.4, 0.5) is 0 Å². The Hall–Kier alpha value is -1.08. The van der Waals surface area contributed by atoms with E-state index in [0.717, 1.165) is 25.8 Å². The number of aromatic nitrogens is 3. The van der Waals surface area contributed by atoms with Crippen LogP contribution in [0.1, 0.15) is 40.0 Å². The Balaban J connectivity index is 2.94. The van der Waals surface area contributed by atoms with Gasteiger partial charge in [-0.2, -0.15) is 4.98 Å². The average Bonchev–Trinajstić information content (AvgIpc) is 2.41. The summed E-state index contributed by atoms with van der Waals surface area (Å²) in [5.41, 5.74) is -1.40. The van der Waals surface area contributed by atoms with Gasteiger partial charge in [-0.25, -0.2) is 0 Å². The van der Waals surface area contributed by atoms with Gasteiger partial charge < -0.3 is 5.32 Å². The molecule has 0 saturated carbocycles. The molecule has 1 heterocycles. The Bertz CT molecular complexity index is 520. The van der Waals surface area contributed by atoms with Crippen molar-refractivity contribution in [3.05, 3.63) is 20.7 Å². The van der Waals surface area contributed by atoms with Gasteiger partial charge in [-0.05, 0) is 19.4 Å². The molecule has 114 valence electrons. The molecule has 0 aliphatic heterocycles. The smallest absolute Gasteiger partial charge is 0.313 e. The summed E-state index contributed by atoms with van der Waals surface area (Å²) in [4.78, 5) is 26.5. The van der Waals surface area contributed by atoms with Crippen LogP contribution in [0.3, 0.4) is 0 Å². The van der Waals surface area contributed by atoms with Crippen LogP contribution in [0.15, 0.2) is 14.7 Å². The minimum atomic E-state index is -0.726. The van der Waals surface area contributed by atoms with Crippen LogP contribution in [0.2, 0.25) is 0 Å². The fraction of sp³-hybridized carbons (Fsp3) is 0.769. The minimum Gasteiger partial charge on any atom is -0.313 e. The van der Waals surface area contributed by atoms with E-state index in [2.05, 4.69) is 36.2 Å². The second kappa shape index (κ2) is 8.26. The van der Waals surface area contributed by atoms with E-state index in [1.165, 1.54) is 4.68 Å². The van der Waals surface area contributed by atoms with E-state index in [9.17, 15) is 9.59 Å². The van der Waals surface area contributed by atoms with Crippen LogP contribution in [-0.4, -0.2) is 32.6 Å². The lowest BCUT2D eigenvalue weighted by atomic mass is 10.1. The summed E-state index contributed by atoms with van der Waals surface area (Å²) in [5, 5.41) is 6.85. The van der Waals surface area contributed by atoms with E-state index in [1.807, 2.05) is 0 Å². The predicted octanol–water partition coefficient (Wildman–Crippen LogP) is 1.12. The van der Waals surface area contributed by atoms with Crippen molar-refractivity contribution in [1.82, 2.24) is 20.1 Å². The van der Waals surface area contributed by atoms with Gasteiger partial charge in [0.15, 0.2) is 5.16 Å². The molecule has 0 spiro atoms. The van der Waals surface area contributed by atoms with Gasteiger partial charge in [-0.15, -0.1) is 0 Å². The lowest BCUT2D eigenvalue weighted by Gasteiger charge is -2.26. The summed E-state index contributed by atoms with van der Waals surface area (Å²) in [6.45, 7) is 7.30. The highest BCUT2D eigenvalue weighted by Crippen LogP contribution is 2.26. The highest BCUT2D eigenvalue weighted by Gasteiger charge is 2.21. The fourth-order valence-electron chi connectivity index (χ4n) is 2.14. The molecule has 1 aromatic heterocycles. The number of nitrogens with zero attached hydrogens (tertiary/aromatic N) is 2. The van der Waals surface area contributed by atoms with E-state index in [0.29, 0.717) is 16.4 Å². The molecule has 7 heteroatoms. The summed E-state index contributed by atoms with van der Waals surface area (Å²) in [6, 6.07) is 0.379. The number of H-pyrrole nitrogens is 1. The first-order valence-electron chi connectivity index (χ1n) is 7.10. The molecule has 2 atom stereocenters.